The topological polar surface area (TPSA) is 38.7 Å². The molecule has 0 unspecified atom stereocenters. The van der Waals surface area contributed by atoms with Gasteiger partial charge < -0.3 is 14.6 Å². The van der Waals surface area contributed by atoms with E-state index < -0.39 is 5.60 Å². The fourth-order valence-electron chi connectivity index (χ4n) is 2.62. The monoisotopic (exact) mass is 248 g/mol. The Balaban J connectivity index is 2.14. The summed E-state index contributed by atoms with van der Waals surface area (Å²) in [5.41, 5.74) is 1.53. The number of aliphatic hydroxyl groups is 1. The van der Waals surface area contributed by atoms with Gasteiger partial charge in [-0.3, -0.25) is 0 Å². The minimum atomic E-state index is -0.621. The number of hydrogen-bond acceptors (Lipinski definition) is 3. The lowest BCUT2D eigenvalue weighted by Gasteiger charge is -2.22. The fraction of sp³-hybridized carbons (Fsp3) is 0.600. The Kier molecular flexibility index (Phi) is 2.74. The first-order chi connectivity index (χ1) is 8.62. The van der Waals surface area contributed by atoms with E-state index in [4.69, 9.17) is 9.47 Å². The lowest BCUT2D eigenvalue weighted by atomic mass is 9.91. The maximum Gasteiger partial charge on any atom is 0.164 e. The van der Waals surface area contributed by atoms with Crippen molar-refractivity contribution in [2.24, 2.45) is 0 Å². The Labute approximate surface area is 108 Å². The number of rotatable bonds is 2. The van der Waals surface area contributed by atoms with Gasteiger partial charge in [0.05, 0.1) is 18.8 Å². The average Bonchev–Trinajstić information content (AvgIpc) is 3.10. The molecule has 1 aromatic carbocycles. The molecule has 1 N–H and O–H groups in total. The molecular formula is C15H20O3. The van der Waals surface area contributed by atoms with Crippen molar-refractivity contribution in [1.29, 1.82) is 0 Å². The molecule has 18 heavy (non-hydrogen) atoms. The largest absolute Gasteiger partial charge is 0.490 e. The van der Waals surface area contributed by atoms with Crippen LogP contribution in [0.3, 0.4) is 0 Å². The zero-order valence-electron chi connectivity index (χ0n) is 11.0. The fourth-order valence-corrected chi connectivity index (χ4v) is 2.62. The van der Waals surface area contributed by atoms with Gasteiger partial charge in [-0.15, -0.1) is 0 Å². The first kappa shape index (κ1) is 11.8. The van der Waals surface area contributed by atoms with Gasteiger partial charge >= 0.3 is 0 Å². The summed E-state index contributed by atoms with van der Waals surface area (Å²) < 4.78 is 11.6. The van der Waals surface area contributed by atoms with E-state index in [1.54, 1.807) is 0 Å². The minimum Gasteiger partial charge on any atom is -0.490 e. The molecule has 0 aromatic heterocycles. The van der Waals surface area contributed by atoms with Crippen LogP contribution in [0.15, 0.2) is 12.1 Å². The Morgan fingerprint density at radius 2 is 1.89 bits per heavy atom. The van der Waals surface area contributed by atoms with Crippen LogP contribution in [0, 0.1) is 0 Å². The molecule has 2 aliphatic rings. The number of benzene rings is 1. The molecule has 0 spiro atoms. The van der Waals surface area contributed by atoms with E-state index in [1.807, 2.05) is 12.1 Å². The van der Waals surface area contributed by atoms with Crippen molar-refractivity contribution >= 4 is 0 Å². The maximum absolute atomic E-state index is 10.4. The second-order valence-electron chi connectivity index (χ2n) is 5.59. The SMILES string of the molecule is CC(C)c1c(C2(O)CC2)ccc2c1OCCCO2. The molecule has 1 aliphatic carbocycles. The number of ether oxygens (including phenoxy) is 2. The molecule has 0 saturated heterocycles. The zero-order valence-corrected chi connectivity index (χ0v) is 11.0. The lowest BCUT2D eigenvalue weighted by molar-refractivity contribution is 0.149. The van der Waals surface area contributed by atoms with Gasteiger partial charge in [0, 0.05) is 12.0 Å². The van der Waals surface area contributed by atoms with Gasteiger partial charge in [0.1, 0.15) is 0 Å². The summed E-state index contributed by atoms with van der Waals surface area (Å²) in [5.74, 6) is 1.99. The van der Waals surface area contributed by atoms with Crippen LogP contribution in [0.4, 0.5) is 0 Å². The third-order valence-electron chi connectivity index (χ3n) is 3.75. The predicted molar refractivity (Wildman–Crippen MR) is 69.3 cm³/mol. The van der Waals surface area contributed by atoms with E-state index in [0.717, 1.165) is 41.9 Å². The van der Waals surface area contributed by atoms with Crippen LogP contribution in [-0.2, 0) is 5.60 Å². The summed E-state index contributed by atoms with van der Waals surface area (Å²) in [7, 11) is 0. The molecule has 0 amide bonds. The van der Waals surface area contributed by atoms with Crippen LogP contribution < -0.4 is 9.47 Å². The molecule has 1 aromatic rings. The van der Waals surface area contributed by atoms with E-state index in [2.05, 4.69) is 13.8 Å². The molecule has 1 fully saturated rings. The van der Waals surface area contributed by atoms with Crippen molar-refractivity contribution in [1.82, 2.24) is 0 Å². The Morgan fingerprint density at radius 3 is 2.56 bits per heavy atom. The maximum atomic E-state index is 10.4. The second kappa shape index (κ2) is 4.16. The van der Waals surface area contributed by atoms with E-state index >= 15 is 0 Å². The molecule has 1 aliphatic heterocycles. The minimum absolute atomic E-state index is 0.321. The highest BCUT2D eigenvalue weighted by atomic mass is 16.5. The molecule has 98 valence electrons. The van der Waals surface area contributed by atoms with Crippen molar-refractivity contribution in [2.75, 3.05) is 13.2 Å². The van der Waals surface area contributed by atoms with E-state index in [1.165, 1.54) is 0 Å². The van der Waals surface area contributed by atoms with E-state index in [0.29, 0.717) is 19.1 Å². The molecule has 3 heteroatoms. The third kappa shape index (κ3) is 1.87. The Bertz CT molecular complexity index is 461. The summed E-state index contributed by atoms with van der Waals surface area (Å²) >= 11 is 0. The van der Waals surface area contributed by atoms with Crippen LogP contribution >= 0.6 is 0 Å². The average molecular weight is 248 g/mol. The zero-order chi connectivity index (χ0) is 12.8. The molecule has 1 heterocycles. The summed E-state index contributed by atoms with van der Waals surface area (Å²) in [5, 5.41) is 10.4. The first-order valence-corrected chi connectivity index (χ1v) is 6.77. The van der Waals surface area contributed by atoms with Crippen LogP contribution in [-0.4, -0.2) is 18.3 Å². The van der Waals surface area contributed by atoms with Crippen molar-refractivity contribution < 1.29 is 14.6 Å². The Hall–Kier alpha value is -1.22. The quantitative estimate of drug-likeness (QED) is 0.874. The van der Waals surface area contributed by atoms with Gasteiger partial charge in [0.2, 0.25) is 0 Å². The highest BCUT2D eigenvalue weighted by Crippen LogP contribution is 2.51. The molecule has 3 rings (SSSR count). The number of fused-ring (bicyclic) bond motifs is 1. The summed E-state index contributed by atoms with van der Waals surface area (Å²) in [6.07, 6.45) is 2.62. The van der Waals surface area contributed by atoms with Gasteiger partial charge in [-0.25, -0.2) is 0 Å². The third-order valence-corrected chi connectivity index (χ3v) is 3.75. The number of hydrogen-bond donors (Lipinski definition) is 1. The van der Waals surface area contributed by atoms with Gasteiger partial charge in [0.25, 0.3) is 0 Å². The van der Waals surface area contributed by atoms with Crippen LogP contribution in [0.5, 0.6) is 11.5 Å². The van der Waals surface area contributed by atoms with Crippen molar-refractivity contribution in [3.8, 4) is 11.5 Å². The van der Waals surface area contributed by atoms with E-state index in [9.17, 15) is 5.11 Å². The van der Waals surface area contributed by atoms with Crippen molar-refractivity contribution in [2.45, 2.75) is 44.6 Å². The van der Waals surface area contributed by atoms with Gasteiger partial charge in [-0.05, 0) is 30.4 Å². The Morgan fingerprint density at radius 1 is 1.17 bits per heavy atom. The smallest absolute Gasteiger partial charge is 0.164 e. The molecule has 0 bridgehead atoms. The van der Waals surface area contributed by atoms with Gasteiger partial charge in [-0.2, -0.15) is 0 Å². The van der Waals surface area contributed by atoms with Gasteiger partial charge in [-0.1, -0.05) is 19.9 Å². The molecule has 3 nitrogen and oxygen atoms in total. The lowest BCUT2D eigenvalue weighted by Crippen LogP contribution is -2.11. The van der Waals surface area contributed by atoms with Crippen molar-refractivity contribution in [3.05, 3.63) is 23.3 Å². The summed E-state index contributed by atoms with van der Waals surface area (Å²) in [6, 6.07) is 3.95. The second-order valence-corrected chi connectivity index (χ2v) is 5.59. The molecule has 1 saturated carbocycles. The van der Waals surface area contributed by atoms with Gasteiger partial charge in [0.15, 0.2) is 11.5 Å². The van der Waals surface area contributed by atoms with Crippen molar-refractivity contribution in [3.63, 3.8) is 0 Å². The van der Waals surface area contributed by atoms with Crippen LogP contribution in [0.1, 0.15) is 50.2 Å². The summed E-state index contributed by atoms with van der Waals surface area (Å²) in [6.45, 7) is 5.67. The molecule has 0 atom stereocenters. The van der Waals surface area contributed by atoms with Crippen LogP contribution in [0.2, 0.25) is 0 Å². The highest BCUT2D eigenvalue weighted by molar-refractivity contribution is 5.55. The predicted octanol–water partition coefficient (Wildman–Crippen LogP) is 2.95. The van der Waals surface area contributed by atoms with Crippen LogP contribution in [0.25, 0.3) is 0 Å². The summed E-state index contributed by atoms with van der Waals surface area (Å²) in [4.78, 5) is 0. The van der Waals surface area contributed by atoms with E-state index in [-0.39, 0.29) is 0 Å². The highest BCUT2D eigenvalue weighted by Gasteiger charge is 2.45. The standard InChI is InChI=1S/C15H20O3/c1-10(2)13-11(15(16)6-7-15)4-5-12-14(13)18-9-3-8-17-12/h4-5,10,16H,3,6-9H2,1-2H3. The normalized spacial score (nSPS) is 20.7. The molecular weight excluding hydrogens is 228 g/mol. The molecule has 0 radical (unpaired) electrons. The first-order valence-electron chi connectivity index (χ1n) is 6.77.